The first-order valence-electron chi connectivity index (χ1n) is 12.7. The maximum Gasteiger partial charge on any atom is 0.322 e. The van der Waals surface area contributed by atoms with Crippen LogP contribution in [0, 0.1) is 5.82 Å². The highest BCUT2D eigenvalue weighted by molar-refractivity contribution is 6.04. The molecule has 2 heterocycles. The Labute approximate surface area is 222 Å². The van der Waals surface area contributed by atoms with Gasteiger partial charge in [-0.05, 0) is 62.0 Å². The molecule has 1 saturated heterocycles. The molecule has 2 aromatic carbocycles. The summed E-state index contributed by atoms with van der Waals surface area (Å²) in [5, 5.41) is 5.55. The van der Waals surface area contributed by atoms with Crippen LogP contribution in [0.5, 0.6) is 0 Å². The molecule has 0 unspecified atom stereocenters. The Morgan fingerprint density at radius 3 is 2.53 bits per heavy atom. The molecule has 3 amide bonds. The summed E-state index contributed by atoms with van der Waals surface area (Å²) in [6.07, 6.45) is 2.39. The number of rotatable bonds is 9. The van der Waals surface area contributed by atoms with Gasteiger partial charge in [-0.15, -0.1) is 0 Å². The van der Waals surface area contributed by atoms with Gasteiger partial charge in [0.05, 0.1) is 11.4 Å². The zero-order valence-electron chi connectivity index (χ0n) is 21.6. The quantitative estimate of drug-likeness (QED) is 0.372. The second-order valence-corrected chi connectivity index (χ2v) is 9.45. The average Bonchev–Trinajstić information content (AvgIpc) is 2.91. The van der Waals surface area contributed by atoms with E-state index in [-0.39, 0.29) is 17.6 Å². The van der Waals surface area contributed by atoms with Crippen molar-refractivity contribution in [3.63, 3.8) is 0 Å². The van der Waals surface area contributed by atoms with Gasteiger partial charge in [0.2, 0.25) is 0 Å². The summed E-state index contributed by atoms with van der Waals surface area (Å²) < 4.78 is 13.6. The van der Waals surface area contributed by atoms with Crippen molar-refractivity contribution in [3.8, 4) is 0 Å². The van der Waals surface area contributed by atoms with Gasteiger partial charge < -0.3 is 31.1 Å². The number of hydrogen-bond donors (Lipinski definition) is 3. The Kier molecular flexibility index (Phi) is 9.23. The molecule has 4 N–H and O–H groups in total. The second-order valence-electron chi connectivity index (χ2n) is 9.45. The van der Waals surface area contributed by atoms with Gasteiger partial charge in [-0.1, -0.05) is 24.3 Å². The number of piperazine rings is 1. The van der Waals surface area contributed by atoms with Crippen LogP contribution in [-0.4, -0.2) is 77.9 Å². The molecule has 1 aliphatic heterocycles. The summed E-state index contributed by atoms with van der Waals surface area (Å²) in [6.45, 7) is 5.78. The third kappa shape index (κ3) is 7.74. The minimum absolute atomic E-state index is 0.239. The number of anilines is 3. The van der Waals surface area contributed by atoms with E-state index in [2.05, 4.69) is 32.5 Å². The minimum Gasteiger partial charge on any atom is -0.397 e. The van der Waals surface area contributed by atoms with Crippen LogP contribution in [0.25, 0.3) is 0 Å². The second kappa shape index (κ2) is 13.0. The zero-order valence-corrected chi connectivity index (χ0v) is 21.6. The normalized spacial score (nSPS) is 14.2. The number of amides is 3. The molecule has 1 aliphatic rings. The Morgan fingerprint density at radius 1 is 1.03 bits per heavy atom. The van der Waals surface area contributed by atoms with Gasteiger partial charge in [0.1, 0.15) is 11.5 Å². The maximum absolute atomic E-state index is 13.6. The van der Waals surface area contributed by atoms with E-state index in [1.165, 1.54) is 12.1 Å². The first kappa shape index (κ1) is 27.0. The molecule has 200 valence electrons. The summed E-state index contributed by atoms with van der Waals surface area (Å²) in [4.78, 5) is 36.4. The number of nitrogens with one attached hydrogen (secondary N) is 2. The molecular weight excluding hydrogens is 485 g/mol. The van der Waals surface area contributed by atoms with Gasteiger partial charge in [0.25, 0.3) is 5.91 Å². The molecule has 0 radical (unpaired) electrons. The standard InChI is InChI=1S/C28H34FN7O2/c1-34-14-16-35(17-15-34)12-5-13-36(28(38)32-23-7-4-6-22(29)18-23)20-21-10-11-26(31-19-21)27(37)33-25-9-3-2-8-24(25)30/h2-4,6-11,18-19H,5,12-17,20,30H2,1H3,(H,32,38)(H,33,37). The third-order valence-electron chi connectivity index (χ3n) is 6.50. The lowest BCUT2D eigenvalue weighted by molar-refractivity contribution is 0.102. The number of carbonyl (C=O) groups excluding carboxylic acids is 2. The predicted molar refractivity (Wildman–Crippen MR) is 147 cm³/mol. The van der Waals surface area contributed by atoms with Crippen molar-refractivity contribution in [1.29, 1.82) is 0 Å². The topological polar surface area (TPSA) is 107 Å². The molecule has 10 heteroatoms. The molecule has 0 atom stereocenters. The van der Waals surface area contributed by atoms with Gasteiger partial charge in [0.15, 0.2) is 0 Å². The number of pyridine rings is 1. The van der Waals surface area contributed by atoms with E-state index in [9.17, 15) is 14.0 Å². The molecule has 0 bridgehead atoms. The van der Waals surface area contributed by atoms with Crippen molar-refractivity contribution in [1.82, 2.24) is 19.7 Å². The number of para-hydroxylation sites is 2. The SMILES string of the molecule is CN1CCN(CCCN(Cc2ccc(C(=O)Nc3ccccc3N)nc2)C(=O)Nc2cccc(F)c2)CC1. The van der Waals surface area contributed by atoms with Gasteiger partial charge in [-0.2, -0.15) is 0 Å². The monoisotopic (exact) mass is 519 g/mol. The summed E-state index contributed by atoms with van der Waals surface area (Å²) in [5.74, 6) is -0.790. The van der Waals surface area contributed by atoms with E-state index >= 15 is 0 Å². The van der Waals surface area contributed by atoms with Crippen molar-refractivity contribution < 1.29 is 14.0 Å². The van der Waals surface area contributed by atoms with E-state index < -0.39 is 5.82 Å². The van der Waals surface area contributed by atoms with Crippen molar-refractivity contribution in [3.05, 3.63) is 83.9 Å². The fourth-order valence-electron chi connectivity index (χ4n) is 4.25. The lowest BCUT2D eigenvalue weighted by Crippen LogP contribution is -2.45. The number of hydrogen-bond acceptors (Lipinski definition) is 6. The molecule has 4 rings (SSSR count). The fourth-order valence-corrected chi connectivity index (χ4v) is 4.25. The number of nitrogen functional groups attached to an aromatic ring is 1. The van der Waals surface area contributed by atoms with E-state index in [4.69, 9.17) is 5.73 Å². The van der Waals surface area contributed by atoms with Crippen LogP contribution in [0.1, 0.15) is 22.5 Å². The molecule has 0 saturated carbocycles. The predicted octanol–water partition coefficient (Wildman–Crippen LogP) is 3.73. The molecule has 1 aromatic heterocycles. The average molecular weight is 520 g/mol. The molecule has 3 aromatic rings. The number of benzene rings is 2. The van der Waals surface area contributed by atoms with Crippen LogP contribution in [0.2, 0.25) is 0 Å². The molecule has 1 fully saturated rings. The van der Waals surface area contributed by atoms with Crippen LogP contribution in [0.4, 0.5) is 26.2 Å². The summed E-state index contributed by atoms with van der Waals surface area (Å²) in [5.41, 5.74) is 8.30. The lowest BCUT2D eigenvalue weighted by atomic mass is 10.2. The Morgan fingerprint density at radius 2 is 1.82 bits per heavy atom. The maximum atomic E-state index is 13.6. The number of likely N-dealkylation sites (N-methyl/N-ethyl adjacent to an activating group) is 1. The lowest BCUT2D eigenvalue weighted by Gasteiger charge is -2.33. The Bertz CT molecular complexity index is 1230. The first-order valence-corrected chi connectivity index (χ1v) is 12.7. The van der Waals surface area contributed by atoms with Gasteiger partial charge in [-0.25, -0.2) is 9.18 Å². The molecule has 0 aliphatic carbocycles. The number of aromatic nitrogens is 1. The van der Waals surface area contributed by atoms with E-state index in [1.807, 2.05) is 0 Å². The molecule has 0 spiro atoms. The van der Waals surface area contributed by atoms with Gasteiger partial charge >= 0.3 is 6.03 Å². The molecular formula is C28H34FN7O2. The molecule has 38 heavy (non-hydrogen) atoms. The Balaban J connectivity index is 1.39. The number of nitrogens with zero attached hydrogens (tertiary/aromatic N) is 4. The number of urea groups is 1. The van der Waals surface area contributed by atoms with Crippen LogP contribution >= 0.6 is 0 Å². The number of carbonyl (C=O) groups is 2. The summed E-state index contributed by atoms with van der Waals surface area (Å²) in [7, 11) is 2.12. The van der Waals surface area contributed by atoms with E-state index in [0.717, 1.165) is 44.7 Å². The van der Waals surface area contributed by atoms with E-state index in [1.54, 1.807) is 59.6 Å². The van der Waals surface area contributed by atoms with Crippen LogP contribution in [-0.2, 0) is 6.54 Å². The largest absolute Gasteiger partial charge is 0.397 e. The summed E-state index contributed by atoms with van der Waals surface area (Å²) >= 11 is 0. The van der Waals surface area contributed by atoms with Crippen LogP contribution in [0.15, 0.2) is 66.9 Å². The van der Waals surface area contributed by atoms with Crippen LogP contribution < -0.4 is 16.4 Å². The number of nitrogens with two attached hydrogens (primary N) is 1. The third-order valence-corrected chi connectivity index (χ3v) is 6.50. The zero-order chi connectivity index (χ0) is 26.9. The highest BCUT2D eigenvalue weighted by atomic mass is 19.1. The highest BCUT2D eigenvalue weighted by Crippen LogP contribution is 2.18. The van der Waals surface area contributed by atoms with Crippen molar-refractivity contribution in [2.45, 2.75) is 13.0 Å². The Hall–Kier alpha value is -4.02. The van der Waals surface area contributed by atoms with E-state index in [0.29, 0.717) is 30.2 Å². The van der Waals surface area contributed by atoms with Crippen molar-refractivity contribution in [2.24, 2.45) is 0 Å². The first-order chi connectivity index (χ1) is 18.4. The van der Waals surface area contributed by atoms with Crippen molar-refractivity contribution >= 4 is 29.0 Å². The smallest absolute Gasteiger partial charge is 0.322 e. The number of halogens is 1. The van der Waals surface area contributed by atoms with Crippen molar-refractivity contribution in [2.75, 3.05) is 62.7 Å². The molecule has 9 nitrogen and oxygen atoms in total. The minimum atomic E-state index is -0.417. The van der Waals surface area contributed by atoms with Gasteiger partial charge in [0, 0.05) is 51.2 Å². The van der Waals surface area contributed by atoms with Gasteiger partial charge in [-0.3, -0.25) is 9.78 Å². The highest BCUT2D eigenvalue weighted by Gasteiger charge is 2.18. The summed E-state index contributed by atoms with van der Waals surface area (Å²) in [6, 6.07) is 15.9. The van der Waals surface area contributed by atoms with Crippen LogP contribution in [0.3, 0.4) is 0 Å². The fraction of sp³-hybridized carbons (Fsp3) is 0.321.